The van der Waals surface area contributed by atoms with Gasteiger partial charge in [-0.15, -0.1) is 11.6 Å². The predicted octanol–water partition coefficient (Wildman–Crippen LogP) is 4.15. The van der Waals surface area contributed by atoms with Crippen LogP contribution >= 0.6 is 27.5 Å². The van der Waals surface area contributed by atoms with E-state index in [4.69, 9.17) is 11.6 Å². The van der Waals surface area contributed by atoms with Crippen molar-refractivity contribution in [2.45, 2.75) is 12.8 Å². The summed E-state index contributed by atoms with van der Waals surface area (Å²) in [4.78, 5) is 8.35. The summed E-state index contributed by atoms with van der Waals surface area (Å²) in [5, 5.41) is 3.17. The Kier molecular flexibility index (Phi) is 4.96. The van der Waals surface area contributed by atoms with Crippen molar-refractivity contribution in [3.8, 4) is 0 Å². The molecular formula is C13H13BrClN3. The summed E-state index contributed by atoms with van der Waals surface area (Å²) in [5.74, 6) is 1.28. The zero-order valence-corrected chi connectivity index (χ0v) is 12.1. The molecule has 0 saturated heterocycles. The van der Waals surface area contributed by atoms with E-state index in [1.54, 1.807) is 12.4 Å². The first-order chi connectivity index (χ1) is 8.78. The van der Waals surface area contributed by atoms with Crippen LogP contribution in [0.3, 0.4) is 0 Å². The minimum absolute atomic E-state index is 0.590. The molecule has 0 fully saturated rings. The van der Waals surface area contributed by atoms with Gasteiger partial charge in [-0.1, -0.05) is 12.1 Å². The third kappa shape index (κ3) is 3.96. The maximum Gasteiger partial charge on any atom is 0.227 e. The molecule has 1 aromatic carbocycles. The maximum absolute atomic E-state index is 5.70. The summed E-state index contributed by atoms with van der Waals surface area (Å²) >= 11 is 9.00. The minimum Gasteiger partial charge on any atom is -0.324 e. The molecule has 1 aromatic heterocycles. The van der Waals surface area contributed by atoms with E-state index >= 15 is 0 Å². The van der Waals surface area contributed by atoms with Crippen LogP contribution in [0.5, 0.6) is 0 Å². The van der Waals surface area contributed by atoms with Gasteiger partial charge in [0.1, 0.15) is 0 Å². The highest BCUT2D eigenvalue weighted by Crippen LogP contribution is 2.16. The second-order valence-corrected chi connectivity index (χ2v) is 5.14. The first kappa shape index (κ1) is 13.3. The molecule has 0 spiro atoms. The van der Waals surface area contributed by atoms with Crippen molar-refractivity contribution in [3.63, 3.8) is 0 Å². The molecule has 94 valence electrons. The Hall–Kier alpha value is -1.13. The van der Waals surface area contributed by atoms with Crippen molar-refractivity contribution >= 4 is 39.2 Å². The number of alkyl halides is 1. The first-order valence-electron chi connectivity index (χ1n) is 5.67. The SMILES string of the molecule is ClCCCc1cccc(Nc2ncc(Br)cn2)c1. The largest absolute Gasteiger partial charge is 0.324 e. The van der Waals surface area contributed by atoms with Gasteiger partial charge in [0.15, 0.2) is 0 Å². The van der Waals surface area contributed by atoms with E-state index in [2.05, 4.69) is 43.3 Å². The number of rotatable bonds is 5. The van der Waals surface area contributed by atoms with Crippen LogP contribution < -0.4 is 5.32 Å². The number of anilines is 2. The fraction of sp³-hybridized carbons (Fsp3) is 0.231. The lowest BCUT2D eigenvalue weighted by molar-refractivity contribution is 0.929. The molecule has 0 bridgehead atoms. The topological polar surface area (TPSA) is 37.8 Å². The molecule has 0 unspecified atom stereocenters. The minimum atomic E-state index is 0.590. The highest BCUT2D eigenvalue weighted by molar-refractivity contribution is 9.10. The number of nitrogens with zero attached hydrogens (tertiary/aromatic N) is 2. The molecule has 5 heteroatoms. The average Bonchev–Trinajstić information content (AvgIpc) is 2.40. The van der Waals surface area contributed by atoms with Crippen LogP contribution in [-0.2, 0) is 6.42 Å². The fourth-order valence-electron chi connectivity index (χ4n) is 1.58. The maximum atomic E-state index is 5.70. The molecule has 0 amide bonds. The summed E-state index contributed by atoms with van der Waals surface area (Å²) in [5.41, 5.74) is 2.25. The molecule has 0 atom stereocenters. The van der Waals surface area contributed by atoms with Crippen LogP contribution in [0.15, 0.2) is 41.1 Å². The van der Waals surface area contributed by atoms with E-state index in [9.17, 15) is 0 Å². The Balaban J connectivity index is 2.06. The Labute approximate surface area is 120 Å². The van der Waals surface area contributed by atoms with Crippen molar-refractivity contribution in [3.05, 3.63) is 46.7 Å². The Bertz CT molecular complexity index is 502. The van der Waals surface area contributed by atoms with Gasteiger partial charge in [0.05, 0.1) is 4.47 Å². The predicted molar refractivity (Wildman–Crippen MR) is 78.5 cm³/mol. The summed E-state index contributed by atoms with van der Waals surface area (Å²) in [7, 11) is 0. The van der Waals surface area contributed by atoms with Crippen LogP contribution in [0.1, 0.15) is 12.0 Å². The number of hydrogen-bond acceptors (Lipinski definition) is 3. The molecule has 2 aromatic rings. The summed E-state index contributed by atoms with van der Waals surface area (Å²) in [6, 6.07) is 8.21. The van der Waals surface area contributed by atoms with Gasteiger partial charge in [0.25, 0.3) is 0 Å². The Morgan fingerprint density at radius 1 is 1.22 bits per heavy atom. The molecule has 0 saturated carbocycles. The van der Waals surface area contributed by atoms with Crippen LogP contribution in [-0.4, -0.2) is 15.8 Å². The molecule has 0 aliphatic heterocycles. The normalized spacial score (nSPS) is 10.3. The highest BCUT2D eigenvalue weighted by atomic mass is 79.9. The average molecular weight is 327 g/mol. The molecule has 0 aliphatic rings. The second kappa shape index (κ2) is 6.71. The molecule has 0 aliphatic carbocycles. The van der Waals surface area contributed by atoms with Crippen molar-refractivity contribution in [1.82, 2.24) is 9.97 Å². The van der Waals surface area contributed by atoms with Crippen LogP contribution in [0.4, 0.5) is 11.6 Å². The monoisotopic (exact) mass is 325 g/mol. The van der Waals surface area contributed by atoms with Gasteiger partial charge in [0.2, 0.25) is 5.95 Å². The zero-order valence-electron chi connectivity index (χ0n) is 9.74. The lowest BCUT2D eigenvalue weighted by Gasteiger charge is -2.06. The number of nitrogens with one attached hydrogen (secondary N) is 1. The molecule has 18 heavy (non-hydrogen) atoms. The Morgan fingerprint density at radius 3 is 2.72 bits per heavy atom. The molecule has 2 rings (SSSR count). The number of benzene rings is 1. The van der Waals surface area contributed by atoms with Gasteiger partial charge >= 0.3 is 0 Å². The van der Waals surface area contributed by atoms with Crippen molar-refractivity contribution in [2.75, 3.05) is 11.2 Å². The summed E-state index contributed by atoms with van der Waals surface area (Å²) in [6.07, 6.45) is 5.40. The molecule has 0 radical (unpaired) electrons. The van der Waals surface area contributed by atoms with E-state index in [1.165, 1.54) is 5.56 Å². The van der Waals surface area contributed by atoms with Gasteiger partial charge in [-0.2, -0.15) is 0 Å². The highest BCUT2D eigenvalue weighted by Gasteiger charge is 1.99. The first-order valence-corrected chi connectivity index (χ1v) is 7.00. The van der Waals surface area contributed by atoms with E-state index in [0.717, 1.165) is 23.0 Å². The van der Waals surface area contributed by atoms with Gasteiger partial charge in [-0.3, -0.25) is 0 Å². The van der Waals surface area contributed by atoms with Gasteiger partial charge < -0.3 is 5.32 Å². The number of aryl methyl sites for hydroxylation is 1. The third-order valence-corrected chi connectivity index (χ3v) is 3.08. The van der Waals surface area contributed by atoms with E-state index in [-0.39, 0.29) is 0 Å². The van der Waals surface area contributed by atoms with Crippen LogP contribution in [0.2, 0.25) is 0 Å². The number of aromatic nitrogens is 2. The van der Waals surface area contributed by atoms with Gasteiger partial charge in [-0.05, 0) is 46.5 Å². The van der Waals surface area contributed by atoms with E-state index < -0.39 is 0 Å². The summed E-state index contributed by atoms with van der Waals surface area (Å²) in [6.45, 7) is 0. The molecular weight excluding hydrogens is 314 g/mol. The molecule has 1 heterocycles. The quantitative estimate of drug-likeness (QED) is 0.839. The van der Waals surface area contributed by atoms with Gasteiger partial charge in [0, 0.05) is 24.0 Å². The summed E-state index contributed by atoms with van der Waals surface area (Å²) < 4.78 is 0.865. The van der Waals surface area contributed by atoms with Crippen molar-refractivity contribution in [2.24, 2.45) is 0 Å². The van der Waals surface area contributed by atoms with E-state index in [0.29, 0.717) is 11.8 Å². The van der Waals surface area contributed by atoms with Gasteiger partial charge in [-0.25, -0.2) is 9.97 Å². The second-order valence-electron chi connectivity index (χ2n) is 3.84. The van der Waals surface area contributed by atoms with Crippen molar-refractivity contribution in [1.29, 1.82) is 0 Å². The van der Waals surface area contributed by atoms with Crippen molar-refractivity contribution < 1.29 is 0 Å². The zero-order chi connectivity index (χ0) is 12.8. The Morgan fingerprint density at radius 2 is 2.00 bits per heavy atom. The third-order valence-electron chi connectivity index (χ3n) is 2.40. The number of hydrogen-bond donors (Lipinski definition) is 1. The lowest BCUT2D eigenvalue weighted by Crippen LogP contribution is -1.97. The molecule has 1 N–H and O–H groups in total. The smallest absolute Gasteiger partial charge is 0.227 e. The molecule has 3 nitrogen and oxygen atoms in total. The standard InChI is InChI=1S/C13H13BrClN3/c14-11-8-16-13(17-9-11)18-12-5-1-3-10(7-12)4-2-6-15/h1,3,5,7-9H,2,4,6H2,(H,16,17,18). The van der Waals surface area contributed by atoms with E-state index in [1.807, 2.05) is 12.1 Å². The van der Waals surface area contributed by atoms with Crippen LogP contribution in [0, 0.1) is 0 Å². The number of halogens is 2. The van der Waals surface area contributed by atoms with Crippen LogP contribution in [0.25, 0.3) is 0 Å². The fourth-order valence-corrected chi connectivity index (χ4v) is 1.92. The lowest BCUT2D eigenvalue weighted by atomic mass is 10.1.